The first-order valence-corrected chi connectivity index (χ1v) is 5.51. The number of methoxy groups -OCH3 is 1. The van der Waals surface area contributed by atoms with Crippen molar-refractivity contribution in [3.05, 3.63) is 0 Å². The number of ether oxygens (including phenoxy) is 1. The fourth-order valence-corrected chi connectivity index (χ4v) is 0.989. The molecule has 0 amide bonds. The van der Waals surface area contributed by atoms with Crippen LogP contribution in [0, 0.1) is 0 Å². The maximum Gasteiger partial charge on any atom is 0.311 e. The van der Waals surface area contributed by atoms with Crippen molar-refractivity contribution < 1.29 is 4.74 Å². The minimum Gasteiger partial charge on any atom is -0.467 e. The summed E-state index contributed by atoms with van der Waals surface area (Å²) in [4.78, 5) is 12.5. The van der Waals surface area contributed by atoms with Crippen LogP contribution in [0.15, 0.2) is 15.0 Å². The predicted molar refractivity (Wildman–Crippen MR) is 69.5 cm³/mol. The van der Waals surface area contributed by atoms with Crippen LogP contribution < -0.4 is 5.73 Å². The van der Waals surface area contributed by atoms with E-state index in [2.05, 4.69) is 15.0 Å². The third-order valence-corrected chi connectivity index (χ3v) is 1.81. The zero-order valence-corrected chi connectivity index (χ0v) is 10.6. The number of hydrogen-bond donors (Lipinski definition) is 1. The highest BCUT2D eigenvalue weighted by molar-refractivity contribution is 5.83. The lowest BCUT2D eigenvalue weighted by atomic mass is 10.2. The molecule has 0 heterocycles. The molecular formula is C11H22N4O. The van der Waals surface area contributed by atoms with Crippen molar-refractivity contribution in [2.24, 2.45) is 20.7 Å². The molecule has 5 nitrogen and oxygen atoms in total. The molecule has 0 aromatic rings. The molecule has 0 radical (unpaired) electrons. The van der Waals surface area contributed by atoms with Crippen LogP contribution in [0.1, 0.15) is 33.6 Å². The number of amidine groups is 2. The quantitative estimate of drug-likeness (QED) is 0.571. The molecule has 1 atom stereocenters. The van der Waals surface area contributed by atoms with Crippen molar-refractivity contribution in [3.8, 4) is 0 Å². The smallest absolute Gasteiger partial charge is 0.311 e. The monoisotopic (exact) mass is 226 g/mol. The normalized spacial score (nSPS) is 15.5. The van der Waals surface area contributed by atoms with Crippen LogP contribution in [0.4, 0.5) is 0 Å². The molecule has 0 bridgehead atoms. The van der Waals surface area contributed by atoms with Crippen LogP contribution in [0.5, 0.6) is 0 Å². The first kappa shape index (κ1) is 14.6. The lowest BCUT2D eigenvalue weighted by Crippen LogP contribution is -2.10. The van der Waals surface area contributed by atoms with Gasteiger partial charge in [0.2, 0.25) is 0 Å². The Labute approximate surface area is 97.5 Å². The van der Waals surface area contributed by atoms with Crippen LogP contribution in [-0.4, -0.2) is 37.8 Å². The SMILES string of the molecule is CCC=NC(=NC(C)CCN=C(C)N)OC. The van der Waals surface area contributed by atoms with Crippen molar-refractivity contribution in [1.29, 1.82) is 0 Å². The van der Waals surface area contributed by atoms with E-state index >= 15 is 0 Å². The molecule has 0 aliphatic rings. The van der Waals surface area contributed by atoms with Crippen molar-refractivity contribution in [2.45, 2.75) is 39.7 Å². The highest BCUT2D eigenvalue weighted by atomic mass is 16.5. The molecule has 0 aromatic carbocycles. The summed E-state index contributed by atoms with van der Waals surface area (Å²) in [6, 6.07) is 0.551. The summed E-state index contributed by atoms with van der Waals surface area (Å²) < 4.78 is 5.04. The van der Waals surface area contributed by atoms with E-state index in [1.54, 1.807) is 20.2 Å². The number of rotatable bonds is 5. The number of aliphatic imine (C=N–C) groups is 3. The van der Waals surface area contributed by atoms with Crippen LogP contribution in [0.25, 0.3) is 0 Å². The largest absolute Gasteiger partial charge is 0.467 e. The van der Waals surface area contributed by atoms with Gasteiger partial charge in [0.25, 0.3) is 0 Å². The maximum absolute atomic E-state index is 5.44. The number of nitrogens with zero attached hydrogens (tertiary/aromatic N) is 3. The van der Waals surface area contributed by atoms with Crippen molar-refractivity contribution in [2.75, 3.05) is 13.7 Å². The second-order valence-corrected chi connectivity index (χ2v) is 3.50. The summed E-state index contributed by atoms with van der Waals surface area (Å²) in [6.45, 7) is 6.47. The lowest BCUT2D eigenvalue weighted by Gasteiger charge is -2.05. The summed E-state index contributed by atoms with van der Waals surface area (Å²) in [6.07, 6.45) is 3.48. The van der Waals surface area contributed by atoms with Gasteiger partial charge in [-0.25, -0.2) is 9.98 Å². The second kappa shape index (κ2) is 8.88. The fourth-order valence-electron chi connectivity index (χ4n) is 0.989. The van der Waals surface area contributed by atoms with Crippen LogP contribution in [0.3, 0.4) is 0 Å². The summed E-state index contributed by atoms with van der Waals surface area (Å²) in [7, 11) is 1.57. The van der Waals surface area contributed by atoms with Gasteiger partial charge < -0.3 is 10.5 Å². The van der Waals surface area contributed by atoms with Gasteiger partial charge in [-0.15, -0.1) is 0 Å². The van der Waals surface area contributed by atoms with E-state index in [-0.39, 0.29) is 6.04 Å². The number of hydrogen-bond acceptors (Lipinski definition) is 3. The highest BCUT2D eigenvalue weighted by Crippen LogP contribution is 1.99. The van der Waals surface area contributed by atoms with Crippen molar-refractivity contribution >= 4 is 18.1 Å². The zero-order valence-electron chi connectivity index (χ0n) is 10.6. The fraction of sp³-hybridized carbons (Fsp3) is 0.727. The Morgan fingerprint density at radius 2 is 2.19 bits per heavy atom. The minimum absolute atomic E-state index is 0.132. The molecule has 0 spiro atoms. The van der Waals surface area contributed by atoms with Crippen molar-refractivity contribution in [3.63, 3.8) is 0 Å². The van der Waals surface area contributed by atoms with E-state index in [0.29, 0.717) is 18.4 Å². The average molecular weight is 226 g/mol. The zero-order chi connectivity index (χ0) is 12.4. The molecule has 0 fully saturated rings. The maximum atomic E-state index is 5.44. The van der Waals surface area contributed by atoms with Gasteiger partial charge in [-0.1, -0.05) is 6.92 Å². The summed E-state index contributed by atoms with van der Waals surface area (Å²) in [5.74, 6) is 0.604. The summed E-state index contributed by atoms with van der Waals surface area (Å²) in [5, 5.41) is 0. The Morgan fingerprint density at radius 3 is 2.69 bits per heavy atom. The standard InChI is InChI=1S/C11H22N4O/c1-5-7-14-11(16-4)15-9(2)6-8-13-10(3)12/h7,9H,5-6,8H2,1-4H3,(H2,12,13). The molecular weight excluding hydrogens is 204 g/mol. The van der Waals surface area contributed by atoms with Crippen LogP contribution in [-0.2, 0) is 4.74 Å². The molecule has 92 valence electrons. The highest BCUT2D eigenvalue weighted by Gasteiger charge is 2.01. The molecule has 0 aliphatic carbocycles. The van der Waals surface area contributed by atoms with Gasteiger partial charge in [0, 0.05) is 12.8 Å². The Hall–Kier alpha value is -1.39. The number of nitrogens with two attached hydrogens (primary N) is 1. The second-order valence-electron chi connectivity index (χ2n) is 3.50. The molecule has 2 N–H and O–H groups in total. The van der Waals surface area contributed by atoms with Gasteiger partial charge in [-0.2, -0.15) is 0 Å². The topological polar surface area (TPSA) is 72.3 Å². The Bertz CT molecular complexity index is 267. The van der Waals surface area contributed by atoms with Gasteiger partial charge in [-0.05, 0) is 26.7 Å². The van der Waals surface area contributed by atoms with Gasteiger partial charge >= 0.3 is 6.02 Å². The first-order chi connectivity index (χ1) is 7.60. The third kappa shape index (κ3) is 7.96. The summed E-state index contributed by atoms with van der Waals surface area (Å²) >= 11 is 0. The van der Waals surface area contributed by atoms with Gasteiger partial charge in [0.05, 0.1) is 19.0 Å². The van der Waals surface area contributed by atoms with Gasteiger partial charge in [0.15, 0.2) is 0 Å². The molecule has 0 saturated carbocycles. The predicted octanol–water partition coefficient (Wildman–Crippen LogP) is 1.63. The molecule has 5 heteroatoms. The summed E-state index contributed by atoms with van der Waals surface area (Å²) in [5.41, 5.74) is 5.44. The third-order valence-electron chi connectivity index (χ3n) is 1.81. The molecule has 1 unspecified atom stereocenters. The molecule has 16 heavy (non-hydrogen) atoms. The Morgan fingerprint density at radius 1 is 1.50 bits per heavy atom. The van der Waals surface area contributed by atoms with E-state index in [9.17, 15) is 0 Å². The lowest BCUT2D eigenvalue weighted by molar-refractivity contribution is 0.391. The Kier molecular flexibility index (Phi) is 8.11. The van der Waals surface area contributed by atoms with Crippen molar-refractivity contribution in [1.82, 2.24) is 0 Å². The average Bonchev–Trinajstić information content (AvgIpc) is 2.23. The van der Waals surface area contributed by atoms with Crippen LogP contribution >= 0.6 is 0 Å². The van der Waals surface area contributed by atoms with E-state index in [4.69, 9.17) is 10.5 Å². The molecule has 0 aromatic heterocycles. The van der Waals surface area contributed by atoms with Gasteiger partial charge in [0.1, 0.15) is 0 Å². The van der Waals surface area contributed by atoms with E-state index in [0.717, 1.165) is 12.8 Å². The van der Waals surface area contributed by atoms with E-state index in [1.165, 1.54) is 0 Å². The first-order valence-electron chi connectivity index (χ1n) is 5.51. The van der Waals surface area contributed by atoms with Crippen LogP contribution in [0.2, 0.25) is 0 Å². The van der Waals surface area contributed by atoms with E-state index < -0.39 is 0 Å². The molecule has 0 saturated heterocycles. The molecule has 0 rings (SSSR count). The van der Waals surface area contributed by atoms with E-state index in [1.807, 2.05) is 13.8 Å². The van der Waals surface area contributed by atoms with Gasteiger partial charge in [-0.3, -0.25) is 4.99 Å². The minimum atomic E-state index is 0.132. The Balaban J connectivity index is 4.15. The molecule has 0 aliphatic heterocycles.